The zero-order valence-corrected chi connectivity index (χ0v) is 9.97. The third kappa shape index (κ3) is 5.18. The van der Waals surface area contributed by atoms with Gasteiger partial charge in [0.05, 0.1) is 6.07 Å². The summed E-state index contributed by atoms with van der Waals surface area (Å²) in [6, 6.07) is 2.18. The van der Waals surface area contributed by atoms with Crippen molar-refractivity contribution in [3.63, 3.8) is 0 Å². The van der Waals surface area contributed by atoms with Crippen LogP contribution in [0.25, 0.3) is 0 Å². The Labute approximate surface area is 94.1 Å². The van der Waals surface area contributed by atoms with Gasteiger partial charge in [0.1, 0.15) is 0 Å². The maximum atomic E-state index is 8.39. The number of rotatable bonds is 6. The Morgan fingerprint density at radius 2 is 1.87 bits per heavy atom. The van der Waals surface area contributed by atoms with E-state index in [1.54, 1.807) is 0 Å². The number of unbranched alkanes of at least 4 members (excludes halogenated alkanes) is 1. The molecular weight excluding hydrogens is 184 g/mol. The molecule has 0 radical (unpaired) electrons. The Hall–Kier alpha value is -0.550. The maximum Gasteiger partial charge on any atom is 0.0622 e. The third-order valence-electron chi connectivity index (χ3n) is 3.62. The topological polar surface area (TPSA) is 35.8 Å². The second-order valence-electron chi connectivity index (χ2n) is 4.76. The second-order valence-corrected chi connectivity index (χ2v) is 4.76. The van der Waals surface area contributed by atoms with Gasteiger partial charge in [-0.2, -0.15) is 5.26 Å². The Morgan fingerprint density at radius 1 is 1.20 bits per heavy atom. The molecule has 86 valence electrons. The minimum absolute atomic E-state index is 0.690. The van der Waals surface area contributed by atoms with Crippen LogP contribution in [0.4, 0.5) is 0 Å². The molecule has 1 N–H and O–H groups in total. The number of hydrogen-bond acceptors (Lipinski definition) is 2. The minimum Gasteiger partial charge on any atom is -0.316 e. The smallest absolute Gasteiger partial charge is 0.0622 e. The first-order valence-corrected chi connectivity index (χ1v) is 6.44. The van der Waals surface area contributed by atoms with Crippen molar-refractivity contribution in [2.45, 2.75) is 51.9 Å². The van der Waals surface area contributed by atoms with Crippen LogP contribution < -0.4 is 5.32 Å². The lowest BCUT2D eigenvalue weighted by atomic mass is 9.81. The molecule has 0 aromatic carbocycles. The number of hydrogen-bond donors (Lipinski definition) is 1. The molecule has 0 saturated heterocycles. The lowest BCUT2D eigenvalue weighted by Crippen LogP contribution is -2.27. The van der Waals surface area contributed by atoms with Crippen molar-refractivity contribution >= 4 is 0 Å². The van der Waals surface area contributed by atoms with Gasteiger partial charge in [0.25, 0.3) is 0 Å². The van der Waals surface area contributed by atoms with E-state index in [2.05, 4.69) is 18.3 Å². The summed E-state index contributed by atoms with van der Waals surface area (Å²) in [5.74, 6) is 1.90. The van der Waals surface area contributed by atoms with E-state index in [0.29, 0.717) is 6.42 Å². The molecule has 1 aliphatic carbocycles. The van der Waals surface area contributed by atoms with Crippen molar-refractivity contribution in [1.82, 2.24) is 5.32 Å². The Kier molecular flexibility index (Phi) is 6.43. The van der Waals surface area contributed by atoms with Crippen molar-refractivity contribution in [2.75, 3.05) is 13.1 Å². The molecule has 0 unspecified atom stereocenters. The molecule has 2 nitrogen and oxygen atoms in total. The molecule has 1 saturated carbocycles. The Bertz CT molecular complexity index is 187. The monoisotopic (exact) mass is 208 g/mol. The van der Waals surface area contributed by atoms with Crippen molar-refractivity contribution < 1.29 is 0 Å². The van der Waals surface area contributed by atoms with E-state index >= 15 is 0 Å². The van der Waals surface area contributed by atoms with Gasteiger partial charge in [-0.05, 0) is 44.2 Å². The first kappa shape index (κ1) is 12.5. The lowest BCUT2D eigenvalue weighted by Gasteiger charge is -2.27. The third-order valence-corrected chi connectivity index (χ3v) is 3.62. The van der Waals surface area contributed by atoms with Crippen molar-refractivity contribution in [1.29, 1.82) is 5.26 Å². The molecule has 0 aromatic rings. The van der Waals surface area contributed by atoms with Gasteiger partial charge in [-0.1, -0.05) is 26.2 Å². The van der Waals surface area contributed by atoms with E-state index < -0.39 is 0 Å². The van der Waals surface area contributed by atoms with Crippen LogP contribution >= 0.6 is 0 Å². The molecule has 0 aliphatic heterocycles. The molecule has 0 aromatic heterocycles. The fourth-order valence-corrected chi connectivity index (χ4v) is 2.44. The first-order chi connectivity index (χ1) is 7.36. The average Bonchev–Trinajstić information content (AvgIpc) is 2.30. The van der Waals surface area contributed by atoms with E-state index in [0.717, 1.165) is 24.8 Å². The van der Waals surface area contributed by atoms with Crippen LogP contribution in [0.2, 0.25) is 0 Å². The van der Waals surface area contributed by atoms with Gasteiger partial charge in [-0.25, -0.2) is 0 Å². The zero-order valence-electron chi connectivity index (χ0n) is 9.97. The lowest BCUT2D eigenvalue weighted by molar-refractivity contribution is 0.263. The van der Waals surface area contributed by atoms with Gasteiger partial charge in [-0.3, -0.25) is 0 Å². The van der Waals surface area contributed by atoms with Gasteiger partial charge in [-0.15, -0.1) is 0 Å². The van der Waals surface area contributed by atoms with Crippen LogP contribution in [0.1, 0.15) is 51.9 Å². The summed E-state index contributed by atoms with van der Waals surface area (Å²) >= 11 is 0. The summed E-state index contributed by atoms with van der Waals surface area (Å²) in [7, 11) is 0. The molecule has 0 bridgehead atoms. The van der Waals surface area contributed by atoms with Crippen molar-refractivity contribution in [2.24, 2.45) is 11.8 Å². The standard InChI is InChI=1S/C13H24N2/c1-2-12-5-7-13(8-6-12)11-15-10-4-3-9-14/h12-13,15H,2-8,10-11H2,1H3. The highest BCUT2D eigenvalue weighted by molar-refractivity contribution is 4.74. The average molecular weight is 208 g/mol. The summed E-state index contributed by atoms with van der Waals surface area (Å²) in [5, 5.41) is 11.9. The highest BCUT2D eigenvalue weighted by Crippen LogP contribution is 2.29. The summed E-state index contributed by atoms with van der Waals surface area (Å²) in [4.78, 5) is 0. The second kappa shape index (κ2) is 7.70. The fraction of sp³-hybridized carbons (Fsp3) is 0.923. The molecular formula is C13H24N2. The van der Waals surface area contributed by atoms with Crippen LogP contribution in [-0.4, -0.2) is 13.1 Å². The molecule has 1 rings (SSSR count). The van der Waals surface area contributed by atoms with E-state index in [1.807, 2.05) is 0 Å². The van der Waals surface area contributed by atoms with E-state index in [4.69, 9.17) is 5.26 Å². The van der Waals surface area contributed by atoms with Gasteiger partial charge >= 0.3 is 0 Å². The van der Waals surface area contributed by atoms with E-state index in [9.17, 15) is 0 Å². The normalized spacial score (nSPS) is 26.1. The quantitative estimate of drug-likeness (QED) is 0.681. The van der Waals surface area contributed by atoms with Gasteiger partial charge in [0.2, 0.25) is 0 Å². The van der Waals surface area contributed by atoms with Crippen LogP contribution in [-0.2, 0) is 0 Å². The summed E-state index contributed by atoms with van der Waals surface area (Å²) in [6.45, 7) is 4.49. The Morgan fingerprint density at radius 3 is 2.47 bits per heavy atom. The number of nitrogens with zero attached hydrogens (tertiary/aromatic N) is 1. The van der Waals surface area contributed by atoms with Crippen LogP contribution in [0, 0.1) is 23.2 Å². The van der Waals surface area contributed by atoms with Gasteiger partial charge in [0.15, 0.2) is 0 Å². The van der Waals surface area contributed by atoms with E-state index in [1.165, 1.54) is 38.6 Å². The van der Waals surface area contributed by atoms with Crippen LogP contribution in [0.5, 0.6) is 0 Å². The number of nitrogens with one attached hydrogen (secondary N) is 1. The molecule has 0 amide bonds. The first-order valence-electron chi connectivity index (χ1n) is 6.44. The van der Waals surface area contributed by atoms with Crippen LogP contribution in [0.3, 0.4) is 0 Å². The maximum absolute atomic E-state index is 8.39. The number of nitriles is 1. The molecule has 1 fully saturated rings. The summed E-state index contributed by atoms with van der Waals surface area (Å²) in [5.41, 5.74) is 0. The fourth-order valence-electron chi connectivity index (χ4n) is 2.44. The van der Waals surface area contributed by atoms with Gasteiger partial charge in [0, 0.05) is 6.42 Å². The molecule has 0 heterocycles. The van der Waals surface area contributed by atoms with Crippen LogP contribution in [0.15, 0.2) is 0 Å². The molecule has 2 heteroatoms. The van der Waals surface area contributed by atoms with E-state index in [-0.39, 0.29) is 0 Å². The summed E-state index contributed by atoms with van der Waals surface area (Å²) in [6.07, 6.45) is 8.73. The Balaban J connectivity index is 1.97. The van der Waals surface area contributed by atoms with Crippen molar-refractivity contribution in [3.8, 4) is 6.07 Å². The van der Waals surface area contributed by atoms with Crippen molar-refractivity contribution in [3.05, 3.63) is 0 Å². The van der Waals surface area contributed by atoms with Gasteiger partial charge < -0.3 is 5.32 Å². The largest absolute Gasteiger partial charge is 0.316 e. The highest BCUT2D eigenvalue weighted by atomic mass is 14.9. The zero-order chi connectivity index (χ0) is 10.9. The molecule has 0 spiro atoms. The molecule has 0 atom stereocenters. The SMILES string of the molecule is CCC1CCC(CNCCCC#N)CC1. The molecule has 1 aliphatic rings. The molecule has 15 heavy (non-hydrogen) atoms. The highest BCUT2D eigenvalue weighted by Gasteiger charge is 2.19. The predicted octanol–water partition coefficient (Wildman–Crippen LogP) is 3.10. The minimum atomic E-state index is 0.690. The predicted molar refractivity (Wildman–Crippen MR) is 63.5 cm³/mol. The summed E-state index contributed by atoms with van der Waals surface area (Å²) < 4.78 is 0.